The van der Waals surface area contributed by atoms with Gasteiger partial charge in [-0.15, -0.1) is 0 Å². The summed E-state index contributed by atoms with van der Waals surface area (Å²) in [4.78, 5) is 29.8. The van der Waals surface area contributed by atoms with Crippen LogP contribution in [0.5, 0.6) is 0 Å². The van der Waals surface area contributed by atoms with E-state index >= 15 is 0 Å². The van der Waals surface area contributed by atoms with Crippen LogP contribution in [-0.2, 0) is 0 Å². The summed E-state index contributed by atoms with van der Waals surface area (Å²) in [6.45, 7) is 0. The average Bonchev–Trinajstić information content (AvgIpc) is 2.89. The summed E-state index contributed by atoms with van der Waals surface area (Å²) in [6.07, 6.45) is 1.49. The fraction of sp³-hybridized carbons (Fsp3) is 0. The SMILES string of the molecule is NC(=O)c1ccn(-c2nc3ccc(N)cc3c(=O)[nH]2)n1. The molecule has 0 unspecified atom stereocenters. The summed E-state index contributed by atoms with van der Waals surface area (Å²) in [5.41, 5.74) is 11.5. The van der Waals surface area contributed by atoms with Crippen LogP contribution in [0.3, 0.4) is 0 Å². The van der Waals surface area contributed by atoms with Crippen LogP contribution >= 0.6 is 0 Å². The Kier molecular flexibility index (Phi) is 2.50. The lowest BCUT2D eigenvalue weighted by molar-refractivity contribution is 0.0995. The number of benzene rings is 1. The molecule has 2 aromatic heterocycles. The molecule has 0 fully saturated rings. The van der Waals surface area contributed by atoms with Gasteiger partial charge in [0.05, 0.1) is 10.9 Å². The number of aromatic amines is 1. The predicted octanol–water partition coefficient (Wildman–Crippen LogP) is -0.210. The van der Waals surface area contributed by atoms with Gasteiger partial charge in [0.2, 0.25) is 5.95 Å². The first-order valence-corrected chi connectivity index (χ1v) is 5.70. The zero-order valence-corrected chi connectivity index (χ0v) is 10.2. The lowest BCUT2D eigenvalue weighted by Gasteiger charge is -2.03. The lowest BCUT2D eigenvalue weighted by atomic mass is 10.2. The smallest absolute Gasteiger partial charge is 0.269 e. The second-order valence-electron chi connectivity index (χ2n) is 4.18. The normalized spacial score (nSPS) is 10.8. The van der Waals surface area contributed by atoms with E-state index in [1.807, 2.05) is 0 Å². The second-order valence-corrected chi connectivity index (χ2v) is 4.18. The van der Waals surface area contributed by atoms with Crippen molar-refractivity contribution in [3.05, 3.63) is 46.5 Å². The zero-order valence-electron chi connectivity index (χ0n) is 10.2. The van der Waals surface area contributed by atoms with Crippen molar-refractivity contribution in [3.63, 3.8) is 0 Å². The molecule has 3 aromatic rings. The summed E-state index contributed by atoms with van der Waals surface area (Å²) < 4.78 is 1.28. The highest BCUT2D eigenvalue weighted by Gasteiger charge is 2.09. The van der Waals surface area contributed by atoms with Crippen molar-refractivity contribution in [3.8, 4) is 5.95 Å². The van der Waals surface area contributed by atoms with Crippen LogP contribution < -0.4 is 17.0 Å². The van der Waals surface area contributed by atoms with Crippen LogP contribution in [0, 0.1) is 0 Å². The number of nitrogen functional groups attached to an aromatic ring is 1. The van der Waals surface area contributed by atoms with Crippen molar-refractivity contribution in [1.29, 1.82) is 0 Å². The predicted molar refractivity (Wildman–Crippen MR) is 72.4 cm³/mol. The van der Waals surface area contributed by atoms with Crippen molar-refractivity contribution in [2.45, 2.75) is 0 Å². The Morgan fingerprint density at radius 1 is 1.30 bits per heavy atom. The standard InChI is InChI=1S/C12H10N6O2/c13-6-1-2-8-7(5-6)11(20)16-12(15-8)18-4-3-9(17-18)10(14)19/h1-5H,13H2,(H2,14,19)(H,15,16,20). The van der Waals surface area contributed by atoms with E-state index in [-0.39, 0.29) is 17.2 Å². The number of nitrogens with two attached hydrogens (primary N) is 2. The molecule has 0 aliphatic carbocycles. The van der Waals surface area contributed by atoms with Crippen molar-refractivity contribution < 1.29 is 4.79 Å². The van der Waals surface area contributed by atoms with Crippen LogP contribution in [0.4, 0.5) is 5.69 Å². The fourth-order valence-electron chi connectivity index (χ4n) is 1.83. The van der Waals surface area contributed by atoms with E-state index in [9.17, 15) is 9.59 Å². The number of nitrogens with zero attached hydrogens (tertiary/aromatic N) is 3. The number of fused-ring (bicyclic) bond motifs is 1. The van der Waals surface area contributed by atoms with Gasteiger partial charge in [-0.25, -0.2) is 9.67 Å². The Morgan fingerprint density at radius 3 is 2.80 bits per heavy atom. The first kappa shape index (κ1) is 11.9. The summed E-state index contributed by atoms with van der Waals surface area (Å²) in [5, 5.41) is 4.32. The number of aromatic nitrogens is 4. The lowest BCUT2D eigenvalue weighted by Crippen LogP contribution is -2.16. The van der Waals surface area contributed by atoms with Crippen LogP contribution in [0.2, 0.25) is 0 Å². The molecule has 0 saturated heterocycles. The number of hydrogen-bond acceptors (Lipinski definition) is 5. The maximum atomic E-state index is 12.0. The van der Waals surface area contributed by atoms with Gasteiger partial charge in [0.15, 0.2) is 0 Å². The second kappa shape index (κ2) is 4.19. The minimum Gasteiger partial charge on any atom is -0.399 e. The van der Waals surface area contributed by atoms with Crippen LogP contribution in [-0.4, -0.2) is 25.7 Å². The van der Waals surface area contributed by atoms with Crippen LogP contribution in [0.15, 0.2) is 35.3 Å². The molecule has 8 nitrogen and oxygen atoms in total. The number of amides is 1. The number of primary amides is 1. The van der Waals surface area contributed by atoms with Crippen LogP contribution in [0.1, 0.15) is 10.5 Å². The third-order valence-electron chi connectivity index (χ3n) is 2.78. The molecule has 0 bridgehead atoms. The number of carbonyl (C=O) groups is 1. The first-order chi connectivity index (χ1) is 9.54. The molecule has 20 heavy (non-hydrogen) atoms. The molecule has 1 amide bonds. The highest BCUT2D eigenvalue weighted by Crippen LogP contribution is 2.12. The van der Waals surface area contributed by atoms with E-state index in [0.717, 1.165) is 0 Å². The Balaban J connectivity index is 2.19. The third-order valence-corrected chi connectivity index (χ3v) is 2.78. The van der Waals surface area contributed by atoms with Gasteiger partial charge in [0, 0.05) is 11.9 Å². The molecule has 0 atom stereocenters. The minimum atomic E-state index is -0.653. The molecule has 0 radical (unpaired) electrons. The maximum absolute atomic E-state index is 12.0. The van der Waals surface area contributed by atoms with Crippen molar-refractivity contribution >= 4 is 22.5 Å². The minimum absolute atomic E-state index is 0.0880. The van der Waals surface area contributed by atoms with Crippen molar-refractivity contribution in [1.82, 2.24) is 19.7 Å². The highest BCUT2D eigenvalue weighted by molar-refractivity contribution is 5.90. The van der Waals surface area contributed by atoms with Gasteiger partial charge in [-0.2, -0.15) is 5.10 Å². The third kappa shape index (κ3) is 1.88. The van der Waals surface area contributed by atoms with E-state index in [2.05, 4.69) is 15.1 Å². The van der Waals surface area contributed by atoms with Gasteiger partial charge >= 0.3 is 0 Å². The Morgan fingerprint density at radius 2 is 2.10 bits per heavy atom. The maximum Gasteiger partial charge on any atom is 0.269 e. The van der Waals surface area contributed by atoms with Gasteiger partial charge in [0.25, 0.3) is 11.5 Å². The molecule has 0 aliphatic heterocycles. The Hall–Kier alpha value is -3.16. The van der Waals surface area contributed by atoms with Gasteiger partial charge in [-0.05, 0) is 24.3 Å². The van der Waals surface area contributed by atoms with E-state index < -0.39 is 5.91 Å². The van der Waals surface area contributed by atoms with E-state index in [0.29, 0.717) is 16.6 Å². The quantitative estimate of drug-likeness (QED) is 0.554. The Labute approximate surface area is 112 Å². The van der Waals surface area contributed by atoms with Crippen molar-refractivity contribution in [2.75, 3.05) is 5.73 Å². The van der Waals surface area contributed by atoms with Crippen molar-refractivity contribution in [2.24, 2.45) is 5.73 Å². The molecule has 5 N–H and O–H groups in total. The molecule has 0 saturated carbocycles. The largest absolute Gasteiger partial charge is 0.399 e. The monoisotopic (exact) mass is 270 g/mol. The van der Waals surface area contributed by atoms with Gasteiger partial charge in [0.1, 0.15) is 5.69 Å². The highest BCUT2D eigenvalue weighted by atomic mass is 16.1. The summed E-state index contributed by atoms with van der Waals surface area (Å²) in [7, 11) is 0. The van der Waals surface area contributed by atoms with E-state index in [1.165, 1.54) is 16.9 Å². The number of H-pyrrole nitrogens is 1. The molecule has 8 heteroatoms. The molecular formula is C12H10N6O2. The van der Waals surface area contributed by atoms with Crippen LogP contribution in [0.25, 0.3) is 16.9 Å². The molecule has 3 rings (SSSR count). The Bertz CT molecular complexity index is 879. The van der Waals surface area contributed by atoms with E-state index in [1.54, 1.807) is 18.2 Å². The van der Waals surface area contributed by atoms with Gasteiger partial charge in [-0.1, -0.05) is 0 Å². The molecule has 2 heterocycles. The molecule has 100 valence electrons. The number of carbonyl (C=O) groups excluding carboxylic acids is 1. The van der Waals surface area contributed by atoms with Gasteiger partial charge in [-0.3, -0.25) is 14.6 Å². The number of anilines is 1. The molecule has 1 aromatic carbocycles. The summed E-state index contributed by atoms with van der Waals surface area (Å²) >= 11 is 0. The number of rotatable bonds is 2. The average molecular weight is 270 g/mol. The topological polar surface area (TPSA) is 133 Å². The number of hydrogen-bond donors (Lipinski definition) is 3. The summed E-state index contributed by atoms with van der Waals surface area (Å²) in [5.74, 6) is -0.459. The number of nitrogens with one attached hydrogen (secondary N) is 1. The zero-order chi connectivity index (χ0) is 14.3. The van der Waals surface area contributed by atoms with E-state index in [4.69, 9.17) is 11.5 Å². The first-order valence-electron chi connectivity index (χ1n) is 5.70. The molecule has 0 spiro atoms. The fourth-order valence-corrected chi connectivity index (χ4v) is 1.83. The molecule has 0 aliphatic rings. The molecular weight excluding hydrogens is 260 g/mol. The summed E-state index contributed by atoms with van der Waals surface area (Å²) in [6, 6.07) is 6.27. The van der Waals surface area contributed by atoms with Gasteiger partial charge < -0.3 is 11.5 Å².